The number of rotatable bonds is 5. The van der Waals surface area contributed by atoms with Crippen LogP contribution in [0.5, 0.6) is 5.75 Å². The number of nitrogens with one attached hydrogen (secondary N) is 1. The minimum absolute atomic E-state index is 0. The highest BCUT2D eigenvalue weighted by Gasteiger charge is 2.17. The van der Waals surface area contributed by atoms with Crippen LogP contribution in [0.15, 0.2) is 18.2 Å². The number of hydrogen-bond donors (Lipinski definition) is 1. The largest absolute Gasteiger partial charge is 0.493 e. The molecule has 0 spiro atoms. The molecule has 5 heteroatoms. The third-order valence-corrected chi connectivity index (χ3v) is 3.57. The van der Waals surface area contributed by atoms with Crippen LogP contribution in [-0.4, -0.2) is 37.2 Å². The first-order valence-corrected chi connectivity index (χ1v) is 7.43. The molecule has 1 aliphatic rings. The molecule has 1 heterocycles. The minimum Gasteiger partial charge on any atom is -0.493 e. The number of benzene rings is 1. The number of nitrogens with zero attached hydrogens (tertiary/aromatic N) is 1. The zero-order valence-electron chi connectivity index (χ0n) is 12.2. The molecule has 20 heavy (non-hydrogen) atoms. The standard InChI is InChI=1S/C15H23ClN2O.ClH/c1-3-8-19-15-5-4-14(16)9-13(15)11-18-7-6-17-12(2)10-18;/h4-5,9,12,17H,3,6-8,10-11H2,1-2H3;1H/t12-;/m0./s1. The minimum atomic E-state index is 0. The number of hydrogen-bond acceptors (Lipinski definition) is 3. The normalized spacial score (nSPS) is 19.4. The van der Waals surface area contributed by atoms with Crippen molar-refractivity contribution in [3.63, 3.8) is 0 Å². The van der Waals surface area contributed by atoms with Crippen molar-refractivity contribution >= 4 is 24.0 Å². The van der Waals surface area contributed by atoms with Crippen molar-refractivity contribution < 1.29 is 4.74 Å². The molecule has 1 fully saturated rings. The second-order valence-corrected chi connectivity index (χ2v) is 5.63. The van der Waals surface area contributed by atoms with Gasteiger partial charge in [-0.2, -0.15) is 0 Å². The predicted octanol–water partition coefficient (Wildman–Crippen LogP) is 3.34. The highest BCUT2D eigenvalue weighted by Crippen LogP contribution is 2.25. The fraction of sp³-hybridized carbons (Fsp3) is 0.600. The van der Waals surface area contributed by atoms with E-state index in [4.69, 9.17) is 16.3 Å². The third-order valence-electron chi connectivity index (χ3n) is 3.33. The van der Waals surface area contributed by atoms with Gasteiger partial charge in [0.05, 0.1) is 6.61 Å². The summed E-state index contributed by atoms with van der Waals surface area (Å²) in [6.07, 6.45) is 1.02. The molecule has 0 saturated carbocycles. The summed E-state index contributed by atoms with van der Waals surface area (Å²) < 4.78 is 5.81. The van der Waals surface area contributed by atoms with Gasteiger partial charge in [0.25, 0.3) is 0 Å². The molecule has 1 aliphatic heterocycles. The SMILES string of the molecule is CCCOc1ccc(Cl)cc1CN1CCN[C@@H](C)C1.Cl. The fourth-order valence-corrected chi connectivity index (χ4v) is 2.62. The molecule has 0 amide bonds. The average Bonchev–Trinajstić information content (AvgIpc) is 2.38. The van der Waals surface area contributed by atoms with Crippen molar-refractivity contribution in [2.24, 2.45) is 0 Å². The summed E-state index contributed by atoms with van der Waals surface area (Å²) in [4.78, 5) is 2.45. The second-order valence-electron chi connectivity index (χ2n) is 5.19. The summed E-state index contributed by atoms with van der Waals surface area (Å²) in [5.74, 6) is 0.970. The van der Waals surface area contributed by atoms with Gasteiger partial charge in [-0.3, -0.25) is 4.90 Å². The van der Waals surface area contributed by atoms with Crippen molar-refractivity contribution in [3.8, 4) is 5.75 Å². The van der Waals surface area contributed by atoms with Crippen molar-refractivity contribution in [3.05, 3.63) is 28.8 Å². The van der Waals surface area contributed by atoms with Crippen LogP contribution in [-0.2, 0) is 6.54 Å². The molecular formula is C15H24Cl2N2O. The van der Waals surface area contributed by atoms with Crippen LogP contribution < -0.4 is 10.1 Å². The highest BCUT2D eigenvalue weighted by atomic mass is 35.5. The van der Waals surface area contributed by atoms with E-state index in [1.54, 1.807) is 0 Å². The summed E-state index contributed by atoms with van der Waals surface area (Å²) in [6.45, 7) is 9.20. The van der Waals surface area contributed by atoms with E-state index < -0.39 is 0 Å². The summed E-state index contributed by atoms with van der Waals surface area (Å²) in [5, 5.41) is 4.24. The van der Waals surface area contributed by atoms with Crippen LogP contribution in [0.1, 0.15) is 25.8 Å². The van der Waals surface area contributed by atoms with Crippen LogP contribution in [0, 0.1) is 0 Å². The summed E-state index contributed by atoms with van der Waals surface area (Å²) in [7, 11) is 0. The van der Waals surface area contributed by atoms with Crippen LogP contribution in [0.4, 0.5) is 0 Å². The molecule has 1 saturated heterocycles. The quantitative estimate of drug-likeness (QED) is 0.901. The van der Waals surface area contributed by atoms with Gasteiger partial charge in [-0.05, 0) is 31.5 Å². The Labute approximate surface area is 133 Å². The van der Waals surface area contributed by atoms with Gasteiger partial charge in [-0.25, -0.2) is 0 Å². The van der Waals surface area contributed by atoms with Crippen molar-refractivity contribution in [2.45, 2.75) is 32.9 Å². The summed E-state index contributed by atoms with van der Waals surface area (Å²) in [5.41, 5.74) is 1.19. The first-order valence-electron chi connectivity index (χ1n) is 7.06. The number of halogens is 2. The van der Waals surface area contributed by atoms with Crippen molar-refractivity contribution in [1.82, 2.24) is 10.2 Å². The van der Waals surface area contributed by atoms with Crippen molar-refractivity contribution in [1.29, 1.82) is 0 Å². The molecule has 0 aromatic heterocycles. The lowest BCUT2D eigenvalue weighted by molar-refractivity contribution is 0.196. The van der Waals surface area contributed by atoms with E-state index in [2.05, 4.69) is 24.1 Å². The predicted molar refractivity (Wildman–Crippen MR) is 87.2 cm³/mol. The summed E-state index contributed by atoms with van der Waals surface area (Å²) in [6, 6.07) is 6.46. The highest BCUT2D eigenvalue weighted by molar-refractivity contribution is 6.30. The lowest BCUT2D eigenvalue weighted by Gasteiger charge is -2.32. The first kappa shape index (κ1) is 17.6. The van der Waals surface area contributed by atoms with E-state index in [9.17, 15) is 0 Å². The molecule has 1 N–H and O–H groups in total. The van der Waals surface area contributed by atoms with E-state index in [0.717, 1.165) is 50.0 Å². The Kier molecular flexibility index (Phi) is 7.67. The van der Waals surface area contributed by atoms with Gasteiger partial charge in [-0.15, -0.1) is 12.4 Å². The van der Waals surface area contributed by atoms with E-state index in [0.29, 0.717) is 6.04 Å². The molecule has 0 unspecified atom stereocenters. The van der Waals surface area contributed by atoms with E-state index in [1.807, 2.05) is 18.2 Å². The zero-order valence-corrected chi connectivity index (χ0v) is 13.8. The smallest absolute Gasteiger partial charge is 0.123 e. The molecule has 2 rings (SSSR count). The van der Waals surface area contributed by atoms with Gasteiger partial charge in [0.2, 0.25) is 0 Å². The summed E-state index contributed by atoms with van der Waals surface area (Å²) >= 11 is 6.11. The van der Waals surface area contributed by atoms with Gasteiger partial charge in [0, 0.05) is 42.8 Å². The molecule has 114 valence electrons. The monoisotopic (exact) mass is 318 g/mol. The van der Waals surface area contributed by atoms with Crippen molar-refractivity contribution in [2.75, 3.05) is 26.2 Å². The Morgan fingerprint density at radius 3 is 2.95 bits per heavy atom. The second kappa shape index (κ2) is 8.73. The molecule has 0 aliphatic carbocycles. The molecule has 0 bridgehead atoms. The van der Waals surface area contributed by atoms with Crippen LogP contribution in [0.3, 0.4) is 0 Å². The molecular weight excluding hydrogens is 295 g/mol. The Hall–Kier alpha value is -0.480. The van der Waals surface area contributed by atoms with Crippen LogP contribution >= 0.6 is 24.0 Å². The van der Waals surface area contributed by atoms with E-state index in [1.165, 1.54) is 5.56 Å². The maximum absolute atomic E-state index is 6.11. The third kappa shape index (κ3) is 5.13. The number of piperazine rings is 1. The maximum Gasteiger partial charge on any atom is 0.123 e. The number of ether oxygens (including phenoxy) is 1. The molecule has 3 nitrogen and oxygen atoms in total. The zero-order chi connectivity index (χ0) is 13.7. The Balaban J connectivity index is 0.00000200. The molecule has 0 radical (unpaired) electrons. The average molecular weight is 319 g/mol. The Bertz CT molecular complexity index is 415. The van der Waals surface area contributed by atoms with Gasteiger partial charge in [0.1, 0.15) is 5.75 Å². The van der Waals surface area contributed by atoms with Gasteiger partial charge in [-0.1, -0.05) is 18.5 Å². The Morgan fingerprint density at radius 2 is 2.25 bits per heavy atom. The van der Waals surface area contributed by atoms with Crippen LogP contribution in [0.2, 0.25) is 5.02 Å². The van der Waals surface area contributed by atoms with Gasteiger partial charge < -0.3 is 10.1 Å². The lowest BCUT2D eigenvalue weighted by atomic mass is 10.1. The van der Waals surface area contributed by atoms with E-state index >= 15 is 0 Å². The molecule has 1 aromatic rings. The van der Waals surface area contributed by atoms with Crippen LogP contribution in [0.25, 0.3) is 0 Å². The Morgan fingerprint density at radius 1 is 1.45 bits per heavy atom. The molecule has 1 atom stereocenters. The first-order chi connectivity index (χ1) is 9.19. The van der Waals surface area contributed by atoms with Gasteiger partial charge >= 0.3 is 0 Å². The molecule has 1 aromatic carbocycles. The fourth-order valence-electron chi connectivity index (χ4n) is 2.42. The lowest BCUT2D eigenvalue weighted by Crippen LogP contribution is -2.48. The van der Waals surface area contributed by atoms with E-state index in [-0.39, 0.29) is 12.4 Å². The maximum atomic E-state index is 6.11. The topological polar surface area (TPSA) is 24.5 Å². The van der Waals surface area contributed by atoms with Gasteiger partial charge in [0.15, 0.2) is 0 Å².